The summed E-state index contributed by atoms with van der Waals surface area (Å²) in [6.07, 6.45) is 3.50. The van der Waals surface area contributed by atoms with E-state index >= 15 is 0 Å². The van der Waals surface area contributed by atoms with E-state index in [1.54, 1.807) is 12.4 Å². The van der Waals surface area contributed by atoms with Gasteiger partial charge in [0.25, 0.3) is 0 Å². The van der Waals surface area contributed by atoms with Gasteiger partial charge in [0.05, 0.1) is 17.6 Å². The Kier molecular flexibility index (Phi) is 4.39. The van der Waals surface area contributed by atoms with Crippen LogP contribution in [0.2, 0.25) is 0 Å². The molecule has 0 saturated heterocycles. The van der Waals surface area contributed by atoms with Crippen molar-refractivity contribution >= 4 is 17.7 Å². The maximum Gasteiger partial charge on any atom is 0.313 e. The van der Waals surface area contributed by atoms with Crippen molar-refractivity contribution in [3.05, 3.63) is 29.8 Å². The molecule has 6 nitrogen and oxygen atoms in total. The van der Waals surface area contributed by atoms with E-state index in [-0.39, 0.29) is 11.7 Å². The molecule has 0 aromatic carbocycles. The fraction of sp³-hybridized carbons (Fsp3) is 0.385. The van der Waals surface area contributed by atoms with E-state index in [4.69, 9.17) is 5.11 Å². The number of rotatable bonds is 5. The molecular weight excluding hydrogens is 276 g/mol. The average molecular weight is 292 g/mol. The van der Waals surface area contributed by atoms with Crippen LogP contribution < -0.4 is 0 Å². The molecule has 0 aliphatic heterocycles. The van der Waals surface area contributed by atoms with Crippen LogP contribution in [0.25, 0.3) is 5.69 Å². The van der Waals surface area contributed by atoms with Gasteiger partial charge >= 0.3 is 5.97 Å². The Morgan fingerprint density at radius 1 is 1.40 bits per heavy atom. The molecule has 0 bridgehead atoms. The Morgan fingerprint density at radius 3 is 2.75 bits per heavy atom. The fourth-order valence-corrected chi connectivity index (χ4v) is 2.46. The van der Waals surface area contributed by atoms with E-state index in [2.05, 4.69) is 15.2 Å². The lowest BCUT2D eigenvalue weighted by molar-refractivity contribution is -0.133. The number of carboxylic acid groups (broad SMARTS) is 1. The summed E-state index contributed by atoms with van der Waals surface area (Å²) >= 11 is 1.16. The van der Waals surface area contributed by atoms with Crippen molar-refractivity contribution in [3.8, 4) is 5.69 Å². The van der Waals surface area contributed by atoms with Crippen LogP contribution in [0.4, 0.5) is 0 Å². The number of aliphatic carboxylic acids is 1. The second-order valence-electron chi connectivity index (χ2n) is 4.73. The van der Waals surface area contributed by atoms with Gasteiger partial charge in [-0.1, -0.05) is 25.6 Å². The third kappa shape index (κ3) is 3.16. The average Bonchev–Trinajstić information content (AvgIpc) is 2.80. The molecule has 0 atom stereocenters. The Morgan fingerprint density at radius 2 is 2.15 bits per heavy atom. The Labute approximate surface area is 121 Å². The van der Waals surface area contributed by atoms with Gasteiger partial charge in [0.15, 0.2) is 5.16 Å². The van der Waals surface area contributed by atoms with Crippen LogP contribution in [0, 0.1) is 6.92 Å². The fourth-order valence-electron chi connectivity index (χ4n) is 1.78. The van der Waals surface area contributed by atoms with Crippen LogP contribution in [0.3, 0.4) is 0 Å². The van der Waals surface area contributed by atoms with Crippen LogP contribution in [0.1, 0.15) is 31.2 Å². The van der Waals surface area contributed by atoms with Crippen molar-refractivity contribution in [2.24, 2.45) is 0 Å². The van der Waals surface area contributed by atoms with Gasteiger partial charge < -0.3 is 5.11 Å². The number of aromatic nitrogens is 4. The van der Waals surface area contributed by atoms with Gasteiger partial charge in [0.2, 0.25) is 0 Å². The number of thioether (sulfide) groups is 1. The van der Waals surface area contributed by atoms with E-state index in [9.17, 15) is 4.79 Å². The Hall–Kier alpha value is -1.89. The standard InChI is InChI=1S/C13H16N4O2S/c1-8(2)12-15-16-13(20-7-11(18)19)17(12)10-4-9(3)5-14-6-10/h4-6,8H,7H2,1-3H3,(H,18,19). The smallest absolute Gasteiger partial charge is 0.313 e. The summed E-state index contributed by atoms with van der Waals surface area (Å²) in [7, 11) is 0. The SMILES string of the molecule is Cc1cncc(-n2c(SCC(=O)O)nnc2C(C)C)c1. The quantitative estimate of drug-likeness (QED) is 0.851. The summed E-state index contributed by atoms with van der Waals surface area (Å²) in [6.45, 7) is 6.00. The van der Waals surface area contributed by atoms with Crippen molar-refractivity contribution in [1.29, 1.82) is 0 Å². The molecular formula is C13H16N4O2S. The van der Waals surface area contributed by atoms with Gasteiger partial charge in [-0.05, 0) is 18.6 Å². The largest absolute Gasteiger partial charge is 0.481 e. The highest BCUT2D eigenvalue weighted by molar-refractivity contribution is 7.99. The summed E-state index contributed by atoms with van der Waals surface area (Å²) in [5, 5.41) is 17.6. The highest BCUT2D eigenvalue weighted by Gasteiger charge is 2.18. The minimum Gasteiger partial charge on any atom is -0.481 e. The van der Waals surface area contributed by atoms with Gasteiger partial charge in [0, 0.05) is 12.1 Å². The predicted octanol–water partition coefficient (Wildman–Crippen LogP) is 2.27. The molecule has 20 heavy (non-hydrogen) atoms. The summed E-state index contributed by atoms with van der Waals surface area (Å²) in [5.41, 5.74) is 1.88. The first kappa shape index (κ1) is 14.5. The van der Waals surface area contributed by atoms with Crippen molar-refractivity contribution in [2.45, 2.75) is 31.8 Å². The number of aryl methyl sites for hydroxylation is 1. The third-order valence-electron chi connectivity index (χ3n) is 2.62. The van der Waals surface area contributed by atoms with Crippen LogP contribution in [-0.4, -0.2) is 36.6 Å². The monoisotopic (exact) mass is 292 g/mol. The topological polar surface area (TPSA) is 80.9 Å². The lowest BCUT2D eigenvalue weighted by Gasteiger charge is -2.11. The molecule has 0 fully saturated rings. The van der Waals surface area contributed by atoms with Gasteiger partial charge in [-0.15, -0.1) is 10.2 Å². The summed E-state index contributed by atoms with van der Waals surface area (Å²) < 4.78 is 1.87. The molecule has 2 aromatic heterocycles. The molecule has 0 saturated carbocycles. The van der Waals surface area contributed by atoms with E-state index in [0.717, 1.165) is 28.8 Å². The van der Waals surface area contributed by atoms with Crippen molar-refractivity contribution in [1.82, 2.24) is 19.7 Å². The zero-order valence-electron chi connectivity index (χ0n) is 11.6. The molecule has 7 heteroatoms. The first-order chi connectivity index (χ1) is 9.49. The number of hydrogen-bond acceptors (Lipinski definition) is 5. The lowest BCUT2D eigenvalue weighted by atomic mass is 10.2. The first-order valence-corrected chi connectivity index (χ1v) is 7.19. The Bertz CT molecular complexity index is 625. The Balaban J connectivity index is 2.46. The molecule has 0 unspecified atom stereocenters. The molecule has 0 radical (unpaired) electrons. The minimum atomic E-state index is -0.877. The molecule has 106 valence electrons. The molecule has 0 aliphatic rings. The normalized spacial score (nSPS) is 11.0. The molecule has 2 aromatic rings. The predicted molar refractivity (Wildman–Crippen MR) is 76.3 cm³/mol. The third-order valence-corrected chi connectivity index (χ3v) is 3.53. The number of carbonyl (C=O) groups is 1. The van der Waals surface area contributed by atoms with Crippen LogP contribution in [-0.2, 0) is 4.79 Å². The number of carboxylic acids is 1. The van der Waals surface area contributed by atoms with Crippen LogP contribution in [0.15, 0.2) is 23.6 Å². The highest BCUT2D eigenvalue weighted by Crippen LogP contribution is 2.25. The molecule has 0 aliphatic carbocycles. The van der Waals surface area contributed by atoms with E-state index in [1.165, 1.54) is 0 Å². The van der Waals surface area contributed by atoms with E-state index < -0.39 is 5.97 Å². The van der Waals surface area contributed by atoms with E-state index in [0.29, 0.717) is 5.16 Å². The van der Waals surface area contributed by atoms with Crippen molar-refractivity contribution in [3.63, 3.8) is 0 Å². The van der Waals surface area contributed by atoms with Gasteiger partial charge in [-0.2, -0.15) is 0 Å². The summed E-state index contributed by atoms with van der Waals surface area (Å²) in [6, 6.07) is 1.98. The van der Waals surface area contributed by atoms with Gasteiger partial charge in [-0.25, -0.2) is 0 Å². The first-order valence-electron chi connectivity index (χ1n) is 6.21. The second-order valence-corrected chi connectivity index (χ2v) is 5.68. The maximum atomic E-state index is 10.7. The lowest BCUT2D eigenvalue weighted by Crippen LogP contribution is -2.06. The minimum absolute atomic E-state index is 0.0462. The molecule has 1 N–H and O–H groups in total. The molecule has 2 heterocycles. The molecule has 0 spiro atoms. The van der Waals surface area contributed by atoms with E-state index in [1.807, 2.05) is 31.4 Å². The zero-order chi connectivity index (χ0) is 14.7. The maximum absolute atomic E-state index is 10.7. The summed E-state index contributed by atoms with van der Waals surface area (Å²) in [5.74, 6) is 0.0562. The van der Waals surface area contributed by atoms with Crippen LogP contribution in [0.5, 0.6) is 0 Å². The second kappa shape index (κ2) is 6.04. The number of nitrogens with zero attached hydrogens (tertiary/aromatic N) is 4. The summed E-state index contributed by atoms with van der Waals surface area (Å²) in [4.78, 5) is 14.9. The van der Waals surface area contributed by atoms with Gasteiger partial charge in [0.1, 0.15) is 5.82 Å². The highest BCUT2D eigenvalue weighted by atomic mass is 32.2. The van der Waals surface area contributed by atoms with Crippen molar-refractivity contribution < 1.29 is 9.90 Å². The van der Waals surface area contributed by atoms with Crippen molar-refractivity contribution in [2.75, 3.05) is 5.75 Å². The number of pyridine rings is 1. The molecule has 2 rings (SSSR count). The number of hydrogen-bond donors (Lipinski definition) is 1. The van der Waals surface area contributed by atoms with Gasteiger partial charge in [-0.3, -0.25) is 14.3 Å². The zero-order valence-corrected chi connectivity index (χ0v) is 12.4. The van der Waals surface area contributed by atoms with Crippen LogP contribution >= 0.6 is 11.8 Å². The molecule has 0 amide bonds.